The number of halogens is 1. The van der Waals surface area contributed by atoms with E-state index in [0.717, 1.165) is 24.9 Å². The van der Waals surface area contributed by atoms with Crippen LogP contribution >= 0.6 is 0 Å². The highest BCUT2D eigenvalue weighted by atomic mass is 19.1. The lowest BCUT2D eigenvalue weighted by molar-refractivity contribution is -0.140. The Balaban J connectivity index is 1.76. The molecule has 1 aliphatic heterocycles. The highest BCUT2D eigenvalue weighted by Crippen LogP contribution is 2.35. The van der Waals surface area contributed by atoms with E-state index in [1.54, 1.807) is 12.3 Å². The summed E-state index contributed by atoms with van der Waals surface area (Å²) in [5.74, 6) is 1.13. The average molecular weight is 330 g/mol. The van der Waals surface area contributed by atoms with Gasteiger partial charge >= 0.3 is 0 Å². The summed E-state index contributed by atoms with van der Waals surface area (Å²) in [5, 5.41) is 0. The van der Waals surface area contributed by atoms with E-state index in [2.05, 4.69) is 4.98 Å². The van der Waals surface area contributed by atoms with Crippen molar-refractivity contribution in [1.29, 1.82) is 0 Å². The van der Waals surface area contributed by atoms with Crippen molar-refractivity contribution in [3.8, 4) is 0 Å². The minimum absolute atomic E-state index is 0.0991. The van der Waals surface area contributed by atoms with Crippen LogP contribution in [0.2, 0.25) is 0 Å². The van der Waals surface area contributed by atoms with E-state index in [0.29, 0.717) is 18.1 Å². The van der Waals surface area contributed by atoms with Gasteiger partial charge in [-0.2, -0.15) is 0 Å². The number of nitrogens with zero attached hydrogens (tertiary/aromatic N) is 2. The maximum atomic E-state index is 13.3. The number of amides is 1. The summed E-state index contributed by atoms with van der Waals surface area (Å²) in [7, 11) is 0. The lowest BCUT2D eigenvalue weighted by atomic mass is 9.94. The van der Waals surface area contributed by atoms with E-state index < -0.39 is 5.41 Å². The van der Waals surface area contributed by atoms with Crippen LogP contribution in [-0.2, 0) is 11.2 Å². The maximum absolute atomic E-state index is 13.3. The van der Waals surface area contributed by atoms with Crippen molar-refractivity contribution >= 4 is 5.91 Å². The summed E-state index contributed by atoms with van der Waals surface area (Å²) in [4.78, 5) is 18.9. The molecule has 1 fully saturated rings. The molecule has 2 heterocycles. The van der Waals surface area contributed by atoms with E-state index >= 15 is 0 Å². The summed E-state index contributed by atoms with van der Waals surface area (Å²) in [5.41, 5.74) is 0.422. The molecule has 0 aliphatic carbocycles. The molecule has 1 atom stereocenters. The zero-order valence-corrected chi connectivity index (χ0v) is 14.4. The van der Waals surface area contributed by atoms with Crippen LogP contribution < -0.4 is 0 Å². The number of carbonyl (C=O) groups excluding carboxylic acids is 1. The molecular weight excluding hydrogens is 307 g/mol. The molecule has 1 aliphatic rings. The standard InChI is InChI=1S/C19H23FN2O2/c1-19(2,3)18(23)22-9-5-8-16(22)17-21-12-15(24-17)11-13-6-4-7-14(20)10-13/h4,6-7,10,12,16H,5,8-9,11H2,1-3H3/t16-/m0/s1. The van der Waals surface area contributed by atoms with Gasteiger partial charge in [0, 0.05) is 18.4 Å². The molecule has 4 nitrogen and oxygen atoms in total. The highest BCUT2D eigenvalue weighted by molar-refractivity contribution is 5.82. The number of oxazole rings is 1. The molecule has 1 amide bonds. The van der Waals surface area contributed by atoms with Crippen LogP contribution in [0.5, 0.6) is 0 Å². The number of benzene rings is 1. The maximum Gasteiger partial charge on any atom is 0.228 e. The Hall–Kier alpha value is -2.17. The second-order valence-electron chi connectivity index (χ2n) is 7.38. The van der Waals surface area contributed by atoms with E-state index in [1.807, 2.05) is 31.7 Å². The molecule has 5 heteroatoms. The van der Waals surface area contributed by atoms with Gasteiger partial charge in [-0.3, -0.25) is 4.79 Å². The van der Waals surface area contributed by atoms with Gasteiger partial charge < -0.3 is 9.32 Å². The molecule has 0 unspecified atom stereocenters. The van der Waals surface area contributed by atoms with Crippen LogP contribution in [0.1, 0.15) is 56.9 Å². The summed E-state index contributed by atoms with van der Waals surface area (Å²) >= 11 is 0. The fourth-order valence-electron chi connectivity index (χ4n) is 3.10. The second kappa shape index (κ2) is 6.38. The predicted octanol–water partition coefficient (Wildman–Crippen LogP) is 4.11. The summed E-state index contributed by atoms with van der Waals surface area (Å²) < 4.78 is 19.2. The van der Waals surface area contributed by atoms with Gasteiger partial charge in [-0.25, -0.2) is 9.37 Å². The van der Waals surface area contributed by atoms with Crippen molar-refractivity contribution in [2.45, 2.75) is 46.1 Å². The molecule has 0 bridgehead atoms. The van der Waals surface area contributed by atoms with Crippen molar-refractivity contribution in [1.82, 2.24) is 9.88 Å². The number of hydrogen-bond acceptors (Lipinski definition) is 3. The number of hydrogen-bond donors (Lipinski definition) is 0. The summed E-state index contributed by atoms with van der Waals surface area (Å²) in [6.07, 6.45) is 3.98. The third-order valence-electron chi connectivity index (χ3n) is 4.28. The fourth-order valence-corrected chi connectivity index (χ4v) is 3.10. The van der Waals surface area contributed by atoms with Crippen LogP contribution in [0.25, 0.3) is 0 Å². The van der Waals surface area contributed by atoms with E-state index in [1.165, 1.54) is 12.1 Å². The van der Waals surface area contributed by atoms with Crippen LogP contribution in [0.15, 0.2) is 34.9 Å². The monoisotopic (exact) mass is 330 g/mol. The fraction of sp³-hybridized carbons (Fsp3) is 0.474. The van der Waals surface area contributed by atoms with E-state index in [-0.39, 0.29) is 17.8 Å². The minimum Gasteiger partial charge on any atom is -0.443 e. The van der Waals surface area contributed by atoms with E-state index in [9.17, 15) is 9.18 Å². The van der Waals surface area contributed by atoms with Crippen molar-refractivity contribution in [3.05, 3.63) is 53.5 Å². The van der Waals surface area contributed by atoms with Crippen LogP contribution in [0.3, 0.4) is 0 Å². The zero-order valence-electron chi connectivity index (χ0n) is 14.4. The molecule has 1 aromatic heterocycles. The molecule has 2 aromatic rings. The average Bonchev–Trinajstić information content (AvgIpc) is 3.14. The molecule has 1 aromatic carbocycles. The first-order valence-electron chi connectivity index (χ1n) is 8.35. The number of likely N-dealkylation sites (tertiary alicyclic amines) is 1. The van der Waals surface area contributed by atoms with E-state index in [4.69, 9.17) is 4.42 Å². The SMILES string of the molecule is CC(C)(C)C(=O)N1CCC[C@H]1c1ncc(Cc2cccc(F)c2)o1. The first-order valence-corrected chi connectivity index (χ1v) is 8.35. The predicted molar refractivity (Wildman–Crippen MR) is 88.9 cm³/mol. The number of rotatable bonds is 3. The van der Waals surface area contributed by atoms with Gasteiger partial charge in [0.05, 0.1) is 6.20 Å². The number of carbonyl (C=O) groups is 1. The minimum atomic E-state index is -0.417. The Kier molecular flexibility index (Phi) is 4.43. The van der Waals surface area contributed by atoms with Crippen molar-refractivity contribution in [2.75, 3.05) is 6.54 Å². The third kappa shape index (κ3) is 3.50. The molecule has 0 radical (unpaired) electrons. The van der Waals surface area contributed by atoms with Crippen LogP contribution in [-0.4, -0.2) is 22.3 Å². The Labute approximate surface area is 141 Å². The quantitative estimate of drug-likeness (QED) is 0.850. The Morgan fingerprint density at radius 3 is 2.92 bits per heavy atom. The molecule has 0 N–H and O–H groups in total. The molecule has 128 valence electrons. The summed E-state index contributed by atoms with van der Waals surface area (Å²) in [6.45, 7) is 6.52. The molecule has 3 rings (SSSR count). The topological polar surface area (TPSA) is 46.3 Å². The van der Waals surface area contributed by atoms with Gasteiger partial charge in [0.25, 0.3) is 0 Å². The van der Waals surface area contributed by atoms with Gasteiger partial charge in [0.15, 0.2) is 0 Å². The van der Waals surface area contributed by atoms with Crippen LogP contribution in [0, 0.1) is 11.2 Å². The lowest BCUT2D eigenvalue weighted by Crippen LogP contribution is -2.39. The van der Waals surface area contributed by atoms with Crippen molar-refractivity contribution < 1.29 is 13.6 Å². The van der Waals surface area contributed by atoms with Gasteiger partial charge in [0.1, 0.15) is 17.6 Å². The highest BCUT2D eigenvalue weighted by Gasteiger charge is 2.37. The first kappa shape index (κ1) is 16.7. The van der Waals surface area contributed by atoms with Crippen LogP contribution in [0.4, 0.5) is 4.39 Å². The summed E-state index contributed by atoms with van der Waals surface area (Å²) in [6, 6.07) is 6.36. The van der Waals surface area contributed by atoms with Gasteiger partial charge in [-0.1, -0.05) is 32.9 Å². The number of aromatic nitrogens is 1. The van der Waals surface area contributed by atoms with Gasteiger partial charge in [-0.15, -0.1) is 0 Å². The van der Waals surface area contributed by atoms with Crippen molar-refractivity contribution in [2.24, 2.45) is 5.41 Å². The zero-order chi connectivity index (χ0) is 17.3. The van der Waals surface area contributed by atoms with Gasteiger partial charge in [-0.05, 0) is 30.5 Å². The largest absolute Gasteiger partial charge is 0.443 e. The molecular formula is C19H23FN2O2. The van der Waals surface area contributed by atoms with Crippen molar-refractivity contribution in [3.63, 3.8) is 0 Å². The Bertz CT molecular complexity index is 733. The van der Waals surface area contributed by atoms with Gasteiger partial charge in [0.2, 0.25) is 11.8 Å². The smallest absolute Gasteiger partial charge is 0.228 e. The molecule has 1 saturated heterocycles. The normalized spacial score (nSPS) is 18.2. The first-order chi connectivity index (χ1) is 11.3. The molecule has 24 heavy (non-hydrogen) atoms. The third-order valence-corrected chi connectivity index (χ3v) is 4.28. The molecule has 0 spiro atoms. The lowest BCUT2D eigenvalue weighted by Gasteiger charge is -2.29. The Morgan fingerprint density at radius 1 is 1.42 bits per heavy atom. The second-order valence-corrected chi connectivity index (χ2v) is 7.38. The molecule has 0 saturated carbocycles. The Morgan fingerprint density at radius 2 is 2.21 bits per heavy atom.